The summed E-state index contributed by atoms with van der Waals surface area (Å²) >= 11 is 0. The molecule has 6 heteroatoms. The molecular weight excluding hydrogens is 234 g/mol. The molecule has 1 heterocycles. The van der Waals surface area contributed by atoms with Crippen LogP contribution in [0.3, 0.4) is 0 Å². The molecule has 0 saturated carbocycles. The normalized spacial score (nSPS) is 11.9. The van der Waals surface area contributed by atoms with E-state index in [0.717, 1.165) is 5.69 Å². The molecule has 0 aromatic carbocycles. The highest BCUT2D eigenvalue weighted by Crippen LogP contribution is 2.08. The Labute approximate surface area is 106 Å². The largest absolute Gasteiger partial charge is 0.389 e. The van der Waals surface area contributed by atoms with Gasteiger partial charge in [0.25, 0.3) is 5.91 Å². The van der Waals surface area contributed by atoms with Crippen molar-refractivity contribution in [3.8, 4) is 0 Å². The topological polar surface area (TPSA) is 83.5 Å². The SMILES string of the molecule is CCNC(=O)c1cc(NCC(O)COC)ccn1. The fourth-order valence-electron chi connectivity index (χ4n) is 1.40. The highest BCUT2D eigenvalue weighted by Gasteiger charge is 2.07. The number of aliphatic hydroxyl groups excluding tert-OH is 1. The average Bonchev–Trinajstić information content (AvgIpc) is 2.37. The number of anilines is 1. The molecule has 0 aliphatic carbocycles. The summed E-state index contributed by atoms with van der Waals surface area (Å²) in [6.45, 7) is 3.03. The lowest BCUT2D eigenvalue weighted by Gasteiger charge is -2.12. The Morgan fingerprint density at radius 2 is 2.39 bits per heavy atom. The van der Waals surface area contributed by atoms with Crippen molar-refractivity contribution in [1.29, 1.82) is 0 Å². The first-order valence-electron chi connectivity index (χ1n) is 5.82. The number of hydrogen-bond acceptors (Lipinski definition) is 5. The number of hydrogen-bond donors (Lipinski definition) is 3. The molecule has 18 heavy (non-hydrogen) atoms. The lowest BCUT2D eigenvalue weighted by Crippen LogP contribution is -2.25. The minimum absolute atomic E-state index is 0.210. The molecule has 0 bridgehead atoms. The quantitative estimate of drug-likeness (QED) is 0.649. The van der Waals surface area contributed by atoms with Crippen LogP contribution in [0, 0.1) is 0 Å². The summed E-state index contributed by atoms with van der Waals surface area (Å²) < 4.78 is 4.82. The highest BCUT2D eigenvalue weighted by atomic mass is 16.5. The van der Waals surface area contributed by atoms with Gasteiger partial charge in [0.15, 0.2) is 0 Å². The Morgan fingerprint density at radius 1 is 1.61 bits per heavy atom. The molecule has 0 fully saturated rings. The predicted octanol–water partition coefficient (Wildman–Crippen LogP) is 0.250. The van der Waals surface area contributed by atoms with E-state index < -0.39 is 6.10 Å². The molecule has 0 aliphatic heterocycles. The lowest BCUT2D eigenvalue weighted by molar-refractivity contribution is 0.0727. The van der Waals surface area contributed by atoms with Crippen LogP contribution in [0.15, 0.2) is 18.3 Å². The first kappa shape index (κ1) is 14.4. The van der Waals surface area contributed by atoms with Crippen LogP contribution in [0.25, 0.3) is 0 Å². The number of amides is 1. The van der Waals surface area contributed by atoms with Gasteiger partial charge in [0.05, 0.1) is 12.7 Å². The van der Waals surface area contributed by atoms with Crippen molar-refractivity contribution < 1.29 is 14.6 Å². The zero-order chi connectivity index (χ0) is 13.4. The fourth-order valence-corrected chi connectivity index (χ4v) is 1.40. The number of aliphatic hydroxyl groups is 1. The second-order valence-corrected chi connectivity index (χ2v) is 3.78. The Balaban J connectivity index is 2.56. The van der Waals surface area contributed by atoms with Gasteiger partial charge in [-0.15, -0.1) is 0 Å². The van der Waals surface area contributed by atoms with Gasteiger partial charge >= 0.3 is 0 Å². The van der Waals surface area contributed by atoms with Crippen molar-refractivity contribution in [2.75, 3.05) is 32.1 Å². The highest BCUT2D eigenvalue weighted by molar-refractivity contribution is 5.93. The van der Waals surface area contributed by atoms with Crippen LogP contribution >= 0.6 is 0 Å². The Morgan fingerprint density at radius 3 is 3.06 bits per heavy atom. The van der Waals surface area contributed by atoms with Gasteiger partial charge in [-0.2, -0.15) is 0 Å². The molecule has 0 spiro atoms. The molecule has 0 saturated heterocycles. The molecule has 6 nitrogen and oxygen atoms in total. The third-order valence-corrected chi connectivity index (χ3v) is 2.23. The molecular formula is C12H19N3O3. The maximum Gasteiger partial charge on any atom is 0.269 e. The standard InChI is InChI=1S/C12H19N3O3/c1-3-13-12(17)11-6-9(4-5-14-11)15-7-10(16)8-18-2/h4-6,10,16H,3,7-8H2,1-2H3,(H,13,17)(H,14,15). The van der Waals surface area contributed by atoms with E-state index in [1.165, 1.54) is 7.11 Å². The van der Waals surface area contributed by atoms with Crippen molar-refractivity contribution in [3.63, 3.8) is 0 Å². The fraction of sp³-hybridized carbons (Fsp3) is 0.500. The Kier molecular flexibility index (Phi) is 6.10. The first-order chi connectivity index (χ1) is 8.67. The van der Waals surface area contributed by atoms with Crippen molar-refractivity contribution in [3.05, 3.63) is 24.0 Å². The van der Waals surface area contributed by atoms with E-state index in [1.807, 2.05) is 6.92 Å². The molecule has 3 N–H and O–H groups in total. The lowest BCUT2D eigenvalue weighted by atomic mass is 10.3. The summed E-state index contributed by atoms with van der Waals surface area (Å²) in [5, 5.41) is 15.2. The monoisotopic (exact) mass is 253 g/mol. The van der Waals surface area contributed by atoms with Gasteiger partial charge in [0.2, 0.25) is 0 Å². The maximum atomic E-state index is 11.6. The van der Waals surface area contributed by atoms with Gasteiger partial charge < -0.3 is 20.5 Å². The number of carbonyl (C=O) groups is 1. The number of nitrogens with one attached hydrogen (secondary N) is 2. The first-order valence-corrected chi connectivity index (χ1v) is 5.82. The Hall–Kier alpha value is -1.66. The van der Waals surface area contributed by atoms with E-state index in [9.17, 15) is 9.90 Å². The number of aromatic nitrogens is 1. The van der Waals surface area contributed by atoms with E-state index in [-0.39, 0.29) is 12.5 Å². The molecule has 1 atom stereocenters. The van der Waals surface area contributed by atoms with Crippen LogP contribution in [0.2, 0.25) is 0 Å². The smallest absolute Gasteiger partial charge is 0.269 e. The van der Waals surface area contributed by atoms with E-state index in [0.29, 0.717) is 18.8 Å². The van der Waals surface area contributed by atoms with Crippen LogP contribution in [0.1, 0.15) is 17.4 Å². The van der Waals surface area contributed by atoms with Gasteiger partial charge in [-0.05, 0) is 19.1 Å². The third-order valence-electron chi connectivity index (χ3n) is 2.23. The van der Waals surface area contributed by atoms with Crippen molar-refractivity contribution in [1.82, 2.24) is 10.3 Å². The molecule has 1 amide bonds. The number of rotatable bonds is 7. The summed E-state index contributed by atoms with van der Waals surface area (Å²) in [5.74, 6) is -0.210. The van der Waals surface area contributed by atoms with E-state index in [2.05, 4.69) is 15.6 Å². The second-order valence-electron chi connectivity index (χ2n) is 3.78. The number of ether oxygens (including phenoxy) is 1. The van der Waals surface area contributed by atoms with Gasteiger partial charge in [-0.3, -0.25) is 9.78 Å². The average molecular weight is 253 g/mol. The maximum absolute atomic E-state index is 11.6. The zero-order valence-electron chi connectivity index (χ0n) is 10.6. The Bertz CT molecular complexity index is 385. The number of carbonyl (C=O) groups excluding carboxylic acids is 1. The number of nitrogens with zero attached hydrogens (tertiary/aromatic N) is 1. The molecule has 0 aliphatic rings. The van der Waals surface area contributed by atoms with Gasteiger partial charge in [-0.1, -0.05) is 0 Å². The second kappa shape index (κ2) is 7.62. The third kappa shape index (κ3) is 4.68. The summed E-state index contributed by atoms with van der Waals surface area (Å²) in [4.78, 5) is 15.5. The van der Waals surface area contributed by atoms with Crippen molar-refractivity contribution >= 4 is 11.6 Å². The summed E-state index contributed by atoms with van der Waals surface area (Å²) in [7, 11) is 1.53. The van der Waals surface area contributed by atoms with Gasteiger partial charge in [0, 0.05) is 32.1 Å². The zero-order valence-corrected chi connectivity index (χ0v) is 10.6. The molecule has 1 aromatic rings. The molecule has 1 aromatic heterocycles. The summed E-state index contributed by atoms with van der Waals surface area (Å²) in [6, 6.07) is 3.38. The van der Waals surface area contributed by atoms with Crippen LogP contribution in [0.4, 0.5) is 5.69 Å². The minimum atomic E-state index is -0.587. The van der Waals surface area contributed by atoms with Crippen LogP contribution in [-0.2, 0) is 4.74 Å². The molecule has 0 radical (unpaired) electrons. The predicted molar refractivity (Wildman–Crippen MR) is 68.6 cm³/mol. The molecule has 1 rings (SSSR count). The van der Waals surface area contributed by atoms with Crippen molar-refractivity contribution in [2.24, 2.45) is 0 Å². The number of methoxy groups -OCH3 is 1. The van der Waals surface area contributed by atoms with E-state index in [4.69, 9.17) is 4.74 Å². The minimum Gasteiger partial charge on any atom is -0.389 e. The van der Waals surface area contributed by atoms with E-state index in [1.54, 1.807) is 18.3 Å². The van der Waals surface area contributed by atoms with Crippen LogP contribution < -0.4 is 10.6 Å². The number of pyridine rings is 1. The van der Waals surface area contributed by atoms with Crippen molar-refractivity contribution in [2.45, 2.75) is 13.0 Å². The van der Waals surface area contributed by atoms with Crippen LogP contribution in [-0.4, -0.2) is 48.9 Å². The molecule has 100 valence electrons. The summed E-state index contributed by atoms with van der Waals surface area (Å²) in [6.07, 6.45) is 0.964. The summed E-state index contributed by atoms with van der Waals surface area (Å²) in [5.41, 5.74) is 1.09. The van der Waals surface area contributed by atoms with E-state index >= 15 is 0 Å². The van der Waals surface area contributed by atoms with Gasteiger partial charge in [-0.25, -0.2) is 0 Å². The molecule has 1 unspecified atom stereocenters. The van der Waals surface area contributed by atoms with Crippen LogP contribution in [0.5, 0.6) is 0 Å². The van der Waals surface area contributed by atoms with Gasteiger partial charge in [0.1, 0.15) is 5.69 Å².